The molecule has 0 aliphatic heterocycles. The zero-order valence-corrected chi connectivity index (χ0v) is 12.9. The van der Waals surface area contributed by atoms with Crippen LogP contribution in [0.1, 0.15) is 15.4 Å². The Morgan fingerprint density at radius 2 is 1.91 bits per heavy atom. The number of amides is 1. The Morgan fingerprint density at radius 1 is 1.13 bits per heavy atom. The average Bonchev–Trinajstić information content (AvgIpc) is 3.01. The highest BCUT2D eigenvalue weighted by Gasteiger charge is 2.12. The summed E-state index contributed by atoms with van der Waals surface area (Å²) in [6.07, 6.45) is 2.88. The van der Waals surface area contributed by atoms with Crippen LogP contribution in [0.15, 0.2) is 54.9 Å². The van der Waals surface area contributed by atoms with Crippen molar-refractivity contribution < 1.29 is 9.53 Å². The minimum Gasteiger partial charge on any atom is -0.447 e. The number of nitrogens with zero attached hydrogens (tertiary/aromatic N) is 2. The molecule has 2 heterocycles. The molecule has 0 bridgehead atoms. The Morgan fingerprint density at radius 3 is 2.70 bits per heavy atom. The number of carbonyl (C=O) groups is 1. The first-order valence-corrected chi connectivity index (χ1v) is 7.70. The summed E-state index contributed by atoms with van der Waals surface area (Å²) < 4.78 is 5.73. The number of thiophene rings is 1. The second kappa shape index (κ2) is 6.89. The van der Waals surface area contributed by atoms with Crippen molar-refractivity contribution in [1.82, 2.24) is 15.3 Å². The van der Waals surface area contributed by atoms with Gasteiger partial charge in [0.15, 0.2) is 16.6 Å². The molecule has 23 heavy (non-hydrogen) atoms. The zero-order valence-electron chi connectivity index (χ0n) is 12.1. The molecule has 7 heteroatoms. The Kier molecular flexibility index (Phi) is 4.49. The van der Waals surface area contributed by atoms with Crippen molar-refractivity contribution in [2.75, 3.05) is 5.73 Å². The van der Waals surface area contributed by atoms with Crippen LogP contribution in [0.5, 0.6) is 10.8 Å². The fourth-order valence-electron chi connectivity index (χ4n) is 1.89. The lowest BCUT2D eigenvalue weighted by molar-refractivity contribution is 0.0947. The lowest BCUT2D eigenvalue weighted by Gasteiger charge is -2.04. The van der Waals surface area contributed by atoms with Gasteiger partial charge in [0.2, 0.25) is 0 Å². The topological polar surface area (TPSA) is 90.1 Å². The molecule has 2 aromatic heterocycles. The minimum atomic E-state index is -0.352. The van der Waals surface area contributed by atoms with Gasteiger partial charge in [-0.15, -0.1) is 11.3 Å². The van der Waals surface area contributed by atoms with E-state index in [1.54, 1.807) is 0 Å². The summed E-state index contributed by atoms with van der Waals surface area (Å²) >= 11 is 1.46. The molecule has 116 valence electrons. The normalized spacial score (nSPS) is 10.3. The van der Waals surface area contributed by atoms with Crippen LogP contribution in [0.25, 0.3) is 0 Å². The van der Waals surface area contributed by atoms with Gasteiger partial charge in [-0.1, -0.05) is 18.2 Å². The van der Waals surface area contributed by atoms with Gasteiger partial charge < -0.3 is 15.8 Å². The van der Waals surface area contributed by atoms with E-state index in [0.717, 1.165) is 15.7 Å². The number of carbonyl (C=O) groups excluding carboxylic acids is 1. The van der Waals surface area contributed by atoms with Crippen LogP contribution >= 0.6 is 11.3 Å². The first-order valence-electron chi connectivity index (χ1n) is 6.88. The molecule has 0 atom stereocenters. The van der Waals surface area contributed by atoms with E-state index >= 15 is 0 Å². The van der Waals surface area contributed by atoms with E-state index in [1.807, 2.05) is 42.5 Å². The maximum atomic E-state index is 12.0. The molecule has 0 radical (unpaired) electrons. The van der Waals surface area contributed by atoms with Crippen molar-refractivity contribution >= 4 is 23.1 Å². The van der Waals surface area contributed by atoms with E-state index in [0.29, 0.717) is 6.54 Å². The van der Waals surface area contributed by atoms with Crippen LogP contribution in [-0.2, 0) is 6.54 Å². The number of aromatic nitrogens is 2. The van der Waals surface area contributed by atoms with Gasteiger partial charge in [0.25, 0.3) is 5.91 Å². The highest BCUT2D eigenvalue weighted by Crippen LogP contribution is 2.29. The number of nitrogens with one attached hydrogen (secondary N) is 1. The first kappa shape index (κ1) is 15.0. The van der Waals surface area contributed by atoms with E-state index < -0.39 is 0 Å². The molecular weight excluding hydrogens is 312 g/mol. The molecule has 0 saturated carbocycles. The van der Waals surface area contributed by atoms with Crippen LogP contribution in [0, 0.1) is 0 Å². The third kappa shape index (κ3) is 3.83. The molecule has 0 unspecified atom stereocenters. The molecule has 0 saturated heterocycles. The summed E-state index contributed by atoms with van der Waals surface area (Å²) in [7, 11) is 0. The van der Waals surface area contributed by atoms with Crippen molar-refractivity contribution in [2.24, 2.45) is 0 Å². The van der Waals surface area contributed by atoms with E-state index in [2.05, 4.69) is 15.3 Å². The molecule has 3 aromatic rings. The molecule has 3 N–H and O–H groups in total. The third-order valence-corrected chi connectivity index (χ3v) is 3.93. The SMILES string of the molecule is Nc1nccnc1C(=O)NCc1ccc(Oc2ccccc2)s1. The summed E-state index contributed by atoms with van der Waals surface area (Å²) in [4.78, 5) is 20.8. The fourth-order valence-corrected chi connectivity index (χ4v) is 2.70. The predicted molar refractivity (Wildman–Crippen MR) is 88.4 cm³/mol. The van der Waals surface area contributed by atoms with Gasteiger partial charge in [-0.3, -0.25) is 4.79 Å². The Hall–Kier alpha value is -2.93. The lowest BCUT2D eigenvalue weighted by Crippen LogP contribution is -2.24. The molecule has 0 aliphatic carbocycles. The summed E-state index contributed by atoms with van der Waals surface area (Å²) in [6, 6.07) is 13.3. The van der Waals surface area contributed by atoms with Gasteiger partial charge in [0.1, 0.15) is 5.75 Å². The highest BCUT2D eigenvalue weighted by atomic mass is 32.1. The average molecular weight is 326 g/mol. The molecule has 6 nitrogen and oxygen atoms in total. The van der Waals surface area contributed by atoms with Gasteiger partial charge >= 0.3 is 0 Å². The summed E-state index contributed by atoms with van der Waals surface area (Å²) in [5.74, 6) is 0.538. The molecule has 3 rings (SSSR count). The number of anilines is 1. The third-order valence-electron chi connectivity index (χ3n) is 2.96. The van der Waals surface area contributed by atoms with Gasteiger partial charge in [-0.25, -0.2) is 9.97 Å². The van der Waals surface area contributed by atoms with E-state index in [1.165, 1.54) is 23.7 Å². The Balaban J connectivity index is 1.59. The molecular formula is C16H14N4O2S. The molecule has 0 aliphatic rings. The van der Waals surface area contributed by atoms with Gasteiger partial charge in [-0.2, -0.15) is 0 Å². The van der Waals surface area contributed by atoms with Crippen molar-refractivity contribution in [3.8, 4) is 10.8 Å². The van der Waals surface area contributed by atoms with Crippen LogP contribution in [0.3, 0.4) is 0 Å². The monoisotopic (exact) mass is 326 g/mol. The number of benzene rings is 1. The number of nitrogens with two attached hydrogens (primary N) is 1. The largest absolute Gasteiger partial charge is 0.447 e. The zero-order chi connectivity index (χ0) is 16.1. The van der Waals surface area contributed by atoms with Crippen molar-refractivity contribution in [3.05, 3.63) is 65.4 Å². The number of ether oxygens (including phenoxy) is 1. The first-order chi connectivity index (χ1) is 11.2. The standard InChI is InChI=1S/C16H14N4O2S/c17-15-14(18-8-9-19-15)16(21)20-10-12-6-7-13(23-12)22-11-4-2-1-3-5-11/h1-9H,10H2,(H2,17,19)(H,20,21). The minimum absolute atomic E-state index is 0.115. The number of rotatable bonds is 5. The van der Waals surface area contributed by atoms with Crippen LogP contribution in [0.4, 0.5) is 5.82 Å². The second-order valence-electron chi connectivity index (χ2n) is 4.61. The van der Waals surface area contributed by atoms with Crippen LogP contribution in [0.2, 0.25) is 0 Å². The van der Waals surface area contributed by atoms with Crippen molar-refractivity contribution in [2.45, 2.75) is 6.54 Å². The maximum Gasteiger partial charge on any atom is 0.274 e. The number of nitrogen functional groups attached to an aromatic ring is 1. The highest BCUT2D eigenvalue weighted by molar-refractivity contribution is 7.13. The Labute approximate surface area is 137 Å². The second-order valence-corrected chi connectivity index (χ2v) is 5.74. The summed E-state index contributed by atoms with van der Waals surface area (Å²) in [5.41, 5.74) is 5.76. The van der Waals surface area contributed by atoms with Crippen molar-refractivity contribution in [3.63, 3.8) is 0 Å². The molecule has 1 amide bonds. The number of hydrogen-bond acceptors (Lipinski definition) is 6. The van der Waals surface area contributed by atoms with Crippen LogP contribution in [-0.4, -0.2) is 15.9 Å². The Bertz CT molecular complexity index is 805. The molecule has 0 spiro atoms. The van der Waals surface area contributed by atoms with E-state index in [9.17, 15) is 4.79 Å². The maximum absolute atomic E-state index is 12.0. The van der Waals surface area contributed by atoms with Crippen LogP contribution < -0.4 is 15.8 Å². The van der Waals surface area contributed by atoms with Gasteiger partial charge in [0, 0.05) is 17.3 Å². The molecule has 1 aromatic carbocycles. The summed E-state index contributed by atoms with van der Waals surface area (Å²) in [6.45, 7) is 0.373. The van der Waals surface area contributed by atoms with Gasteiger partial charge in [-0.05, 0) is 24.3 Å². The molecule has 0 fully saturated rings. The van der Waals surface area contributed by atoms with Crippen molar-refractivity contribution in [1.29, 1.82) is 0 Å². The predicted octanol–water partition coefficient (Wildman–Crippen LogP) is 2.84. The van der Waals surface area contributed by atoms with E-state index in [4.69, 9.17) is 10.5 Å². The fraction of sp³-hybridized carbons (Fsp3) is 0.0625. The summed E-state index contributed by atoms with van der Waals surface area (Å²) in [5, 5.41) is 3.53. The number of para-hydroxylation sites is 1. The quantitative estimate of drug-likeness (QED) is 0.752. The van der Waals surface area contributed by atoms with E-state index in [-0.39, 0.29) is 17.4 Å². The van der Waals surface area contributed by atoms with Gasteiger partial charge in [0.05, 0.1) is 6.54 Å². The number of hydrogen-bond donors (Lipinski definition) is 2. The smallest absolute Gasteiger partial charge is 0.274 e. The lowest BCUT2D eigenvalue weighted by atomic mass is 10.3.